The molecule has 1 heterocycles. The molecule has 0 aliphatic heterocycles. The number of nitrogens with zero attached hydrogens (tertiary/aromatic N) is 2. The summed E-state index contributed by atoms with van der Waals surface area (Å²) in [6.45, 7) is 0.475. The van der Waals surface area contributed by atoms with Crippen molar-refractivity contribution in [3.05, 3.63) is 107 Å². The molecule has 4 aromatic rings. The molecule has 0 fully saturated rings. The smallest absolute Gasteiger partial charge is 0.337 e. The van der Waals surface area contributed by atoms with Crippen LogP contribution < -0.4 is 5.32 Å². The van der Waals surface area contributed by atoms with E-state index in [1.165, 1.54) is 37.5 Å². The number of nitrogens with one attached hydrogen (secondary N) is 1. The Balaban J connectivity index is 1.66. The quantitative estimate of drug-likeness (QED) is 0.248. The molecule has 0 atom stereocenters. The van der Waals surface area contributed by atoms with Crippen LogP contribution in [0.4, 0.5) is 10.1 Å². The first-order valence-electron chi connectivity index (χ1n) is 10.4. The van der Waals surface area contributed by atoms with Crippen molar-refractivity contribution in [2.75, 3.05) is 12.4 Å². The number of carbonyl (C=O) groups is 2. The molecule has 7 heteroatoms. The lowest BCUT2D eigenvalue weighted by Crippen LogP contribution is -2.13. The van der Waals surface area contributed by atoms with Crippen molar-refractivity contribution in [2.24, 2.45) is 0 Å². The van der Waals surface area contributed by atoms with Crippen LogP contribution in [0.3, 0.4) is 0 Å². The van der Waals surface area contributed by atoms with Crippen LogP contribution in [-0.4, -0.2) is 23.6 Å². The molecule has 6 nitrogen and oxygen atoms in total. The zero-order valence-electron chi connectivity index (χ0n) is 18.3. The van der Waals surface area contributed by atoms with Gasteiger partial charge in [0.25, 0.3) is 5.91 Å². The molecule has 34 heavy (non-hydrogen) atoms. The van der Waals surface area contributed by atoms with Crippen LogP contribution in [0.2, 0.25) is 0 Å². The Bertz CT molecular complexity index is 1450. The largest absolute Gasteiger partial charge is 0.465 e. The third-order valence-electron chi connectivity index (χ3n) is 5.29. The number of methoxy groups -OCH3 is 1. The van der Waals surface area contributed by atoms with Crippen LogP contribution in [-0.2, 0) is 16.1 Å². The molecule has 1 aromatic heterocycles. The first kappa shape index (κ1) is 22.5. The van der Waals surface area contributed by atoms with Crippen molar-refractivity contribution in [3.8, 4) is 6.07 Å². The standard InChI is InChI=1S/C27H20FN3O3/c1-34-27(33)19-6-4-5-18(13-19)16-31-17-21(24-7-2-3-8-25(24)31)14-20(15-29)26(32)30-23-11-9-22(28)10-12-23/h2-14,17H,16H2,1H3,(H,30,32)/b20-14-. The van der Waals surface area contributed by atoms with E-state index in [9.17, 15) is 19.2 Å². The highest BCUT2D eigenvalue weighted by atomic mass is 19.1. The number of benzene rings is 3. The second-order valence-corrected chi connectivity index (χ2v) is 7.55. The van der Waals surface area contributed by atoms with Crippen molar-refractivity contribution in [1.29, 1.82) is 5.26 Å². The fraction of sp³-hybridized carbons (Fsp3) is 0.0741. The van der Waals surface area contributed by atoms with Gasteiger partial charge in [-0.1, -0.05) is 30.3 Å². The number of ether oxygens (including phenoxy) is 1. The molecule has 0 unspecified atom stereocenters. The van der Waals surface area contributed by atoms with E-state index >= 15 is 0 Å². The Labute approximate surface area is 195 Å². The first-order valence-corrected chi connectivity index (χ1v) is 10.4. The van der Waals surface area contributed by atoms with Crippen molar-refractivity contribution < 1.29 is 18.7 Å². The lowest BCUT2D eigenvalue weighted by atomic mass is 10.1. The normalized spacial score (nSPS) is 11.1. The van der Waals surface area contributed by atoms with Gasteiger partial charge < -0.3 is 14.6 Å². The van der Waals surface area contributed by atoms with E-state index in [-0.39, 0.29) is 5.57 Å². The van der Waals surface area contributed by atoms with Gasteiger partial charge in [0.15, 0.2) is 0 Å². The van der Waals surface area contributed by atoms with Gasteiger partial charge in [-0.3, -0.25) is 4.79 Å². The van der Waals surface area contributed by atoms with Crippen LogP contribution in [0.25, 0.3) is 17.0 Å². The Morgan fingerprint density at radius 2 is 1.85 bits per heavy atom. The molecular formula is C27H20FN3O3. The van der Waals surface area contributed by atoms with Crippen LogP contribution in [0, 0.1) is 17.1 Å². The summed E-state index contributed by atoms with van der Waals surface area (Å²) in [6, 6.07) is 22.1. The summed E-state index contributed by atoms with van der Waals surface area (Å²) in [4.78, 5) is 24.5. The predicted molar refractivity (Wildman–Crippen MR) is 127 cm³/mol. The minimum absolute atomic E-state index is 0.0834. The van der Waals surface area contributed by atoms with Gasteiger partial charge in [-0.15, -0.1) is 0 Å². The lowest BCUT2D eigenvalue weighted by molar-refractivity contribution is -0.112. The molecule has 0 aliphatic rings. The molecule has 168 valence electrons. The number of hydrogen-bond acceptors (Lipinski definition) is 4. The van der Waals surface area contributed by atoms with Crippen molar-refractivity contribution in [2.45, 2.75) is 6.54 Å². The first-order chi connectivity index (χ1) is 16.5. The minimum Gasteiger partial charge on any atom is -0.465 e. The molecule has 0 bridgehead atoms. The van der Waals surface area contributed by atoms with Gasteiger partial charge in [0, 0.05) is 34.9 Å². The number of amides is 1. The number of halogens is 1. The number of nitriles is 1. The number of hydrogen-bond donors (Lipinski definition) is 1. The number of rotatable bonds is 6. The van der Waals surface area contributed by atoms with Crippen LogP contribution in [0.5, 0.6) is 0 Å². The van der Waals surface area contributed by atoms with E-state index in [2.05, 4.69) is 5.32 Å². The molecule has 3 aromatic carbocycles. The lowest BCUT2D eigenvalue weighted by Gasteiger charge is -2.07. The molecule has 0 saturated carbocycles. The fourth-order valence-corrected chi connectivity index (χ4v) is 3.67. The summed E-state index contributed by atoms with van der Waals surface area (Å²) in [5, 5.41) is 13.1. The Kier molecular flexibility index (Phi) is 6.51. The van der Waals surface area contributed by atoms with E-state index < -0.39 is 17.7 Å². The van der Waals surface area contributed by atoms with E-state index in [1.54, 1.807) is 18.2 Å². The highest BCUT2D eigenvalue weighted by Gasteiger charge is 2.14. The average molecular weight is 453 g/mol. The Morgan fingerprint density at radius 1 is 1.09 bits per heavy atom. The third-order valence-corrected chi connectivity index (χ3v) is 5.29. The number of carbonyl (C=O) groups excluding carboxylic acids is 2. The maximum atomic E-state index is 13.1. The van der Waals surface area contributed by atoms with E-state index in [0.717, 1.165) is 16.5 Å². The summed E-state index contributed by atoms with van der Waals surface area (Å²) in [5.74, 6) is -1.41. The monoisotopic (exact) mass is 453 g/mol. The Hall–Kier alpha value is -4.70. The van der Waals surface area contributed by atoms with E-state index in [0.29, 0.717) is 23.4 Å². The molecule has 0 radical (unpaired) electrons. The maximum absolute atomic E-state index is 13.1. The molecule has 0 saturated heterocycles. The van der Waals surface area contributed by atoms with Gasteiger partial charge in [-0.05, 0) is 54.1 Å². The summed E-state index contributed by atoms with van der Waals surface area (Å²) in [5.41, 5.74) is 3.27. The highest BCUT2D eigenvalue weighted by molar-refractivity contribution is 6.10. The minimum atomic E-state index is -0.586. The summed E-state index contributed by atoms with van der Waals surface area (Å²) in [6.07, 6.45) is 3.39. The summed E-state index contributed by atoms with van der Waals surface area (Å²) in [7, 11) is 1.34. The Morgan fingerprint density at radius 3 is 2.59 bits per heavy atom. The molecular weight excluding hydrogens is 433 g/mol. The molecule has 0 aliphatic carbocycles. The molecule has 0 spiro atoms. The zero-order valence-corrected chi connectivity index (χ0v) is 18.3. The van der Waals surface area contributed by atoms with Crippen molar-refractivity contribution >= 4 is 34.5 Å². The number of aromatic nitrogens is 1. The second kappa shape index (κ2) is 9.84. The highest BCUT2D eigenvalue weighted by Crippen LogP contribution is 2.25. The van der Waals surface area contributed by atoms with Gasteiger partial charge in [-0.25, -0.2) is 9.18 Å². The van der Waals surface area contributed by atoms with E-state index in [4.69, 9.17) is 4.74 Å². The van der Waals surface area contributed by atoms with Gasteiger partial charge in [0.1, 0.15) is 17.5 Å². The zero-order chi connectivity index (χ0) is 24.1. The fourth-order valence-electron chi connectivity index (χ4n) is 3.67. The van der Waals surface area contributed by atoms with Gasteiger partial charge >= 0.3 is 5.97 Å². The maximum Gasteiger partial charge on any atom is 0.337 e. The van der Waals surface area contributed by atoms with Crippen LogP contribution in [0.15, 0.2) is 84.6 Å². The SMILES string of the molecule is COC(=O)c1cccc(Cn2cc(/C=C(/C#N)C(=O)Nc3ccc(F)cc3)c3ccccc32)c1. The van der Waals surface area contributed by atoms with Crippen LogP contribution in [0.1, 0.15) is 21.5 Å². The molecule has 1 amide bonds. The third kappa shape index (κ3) is 4.87. The van der Waals surface area contributed by atoms with Gasteiger partial charge in [-0.2, -0.15) is 5.26 Å². The number of esters is 1. The number of anilines is 1. The average Bonchev–Trinajstić information content (AvgIpc) is 3.20. The van der Waals surface area contributed by atoms with Gasteiger partial charge in [0.05, 0.1) is 12.7 Å². The number of fused-ring (bicyclic) bond motifs is 1. The second-order valence-electron chi connectivity index (χ2n) is 7.55. The van der Waals surface area contributed by atoms with E-state index in [1.807, 2.05) is 47.2 Å². The topological polar surface area (TPSA) is 84.1 Å². The molecule has 1 N–H and O–H groups in total. The van der Waals surface area contributed by atoms with Crippen molar-refractivity contribution in [1.82, 2.24) is 4.57 Å². The molecule has 4 rings (SSSR count). The van der Waals surface area contributed by atoms with Gasteiger partial charge in [0.2, 0.25) is 0 Å². The summed E-state index contributed by atoms with van der Waals surface area (Å²) < 4.78 is 19.9. The number of para-hydroxylation sites is 1. The predicted octanol–water partition coefficient (Wildman–Crippen LogP) is 5.16. The van der Waals surface area contributed by atoms with Crippen molar-refractivity contribution in [3.63, 3.8) is 0 Å². The van der Waals surface area contributed by atoms with Crippen LogP contribution >= 0.6 is 0 Å². The summed E-state index contributed by atoms with van der Waals surface area (Å²) >= 11 is 0.